The second-order valence-electron chi connectivity index (χ2n) is 6.69. The first-order chi connectivity index (χ1) is 14.8. The summed E-state index contributed by atoms with van der Waals surface area (Å²) >= 11 is 0. The summed E-state index contributed by atoms with van der Waals surface area (Å²) in [5.41, 5.74) is -1.66. The molecule has 2 amide bonds. The van der Waals surface area contributed by atoms with Gasteiger partial charge in [0.05, 0.1) is 18.2 Å². The third-order valence-electron chi connectivity index (χ3n) is 4.82. The Hall–Kier alpha value is -3.93. The Bertz CT molecular complexity index is 1280. The van der Waals surface area contributed by atoms with E-state index in [-0.39, 0.29) is 36.5 Å². The van der Waals surface area contributed by atoms with Crippen LogP contribution in [0.5, 0.6) is 0 Å². The molecule has 10 nitrogen and oxygen atoms in total. The molecule has 12 heteroatoms. The highest BCUT2D eigenvalue weighted by Crippen LogP contribution is 2.23. The van der Waals surface area contributed by atoms with Gasteiger partial charge in [0.15, 0.2) is 17.3 Å². The van der Waals surface area contributed by atoms with Crippen LogP contribution in [0.15, 0.2) is 35.4 Å². The molecule has 1 aliphatic rings. The van der Waals surface area contributed by atoms with Gasteiger partial charge in [-0.15, -0.1) is 0 Å². The number of rotatable bonds is 5. The van der Waals surface area contributed by atoms with Crippen LogP contribution in [0.25, 0.3) is 16.9 Å². The normalized spacial score (nSPS) is 14.0. The minimum absolute atomic E-state index is 0.136. The van der Waals surface area contributed by atoms with E-state index in [4.69, 9.17) is 5.11 Å². The Morgan fingerprint density at radius 2 is 1.97 bits per heavy atom. The van der Waals surface area contributed by atoms with Gasteiger partial charge in [-0.2, -0.15) is 0 Å². The number of carboxylic acids is 1. The Morgan fingerprint density at radius 1 is 1.19 bits per heavy atom. The average molecular weight is 431 g/mol. The number of hydrogen-bond donors (Lipinski definition) is 2. The topological polar surface area (TPSA) is 129 Å². The second kappa shape index (κ2) is 7.72. The molecule has 0 saturated carbocycles. The summed E-state index contributed by atoms with van der Waals surface area (Å²) in [6, 6.07) is 2.80. The van der Waals surface area contributed by atoms with E-state index in [0.717, 1.165) is 17.0 Å². The highest BCUT2D eigenvalue weighted by molar-refractivity contribution is 5.96. The number of aromatic carboxylic acids is 1. The molecule has 3 aromatic heterocycles. The van der Waals surface area contributed by atoms with Gasteiger partial charge in [0.2, 0.25) is 5.43 Å². The number of halogens is 2. The number of anilines is 1. The van der Waals surface area contributed by atoms with Crippen LogP contribution in [0.3, 0.4) is 0 Å². The molecule has 4 rings (SSSR count). The largest absolute Gasteiger partial charge is 0.477 e. The summed E-state index contributed by atoms with van der Waals surface area (Å²) in [5, 5.41) is 18.3. The fourth-order valence-electron chi connectivity index (χ4n) is 3.37. The van der Waals surface area contributed by atoms with Crippen molar-refractivity contribution in [2.75, 3.05) is 31.1 Å². The molecule has 3 aromatic rings. The fraction of sp³-hybridized carbons (Fsp3) is 0.211. The van der Waals surface area contributed by atoms with Crippen LogP contribution in [0, 0.1) is 11.6 Å². The Balaban J connectivity index is 1.94. The van der Waals surface area contributed by atoms with E-state index in [2.05, 4.69) is 9.97 Å². The summed E-state index contributed by atoms with van der Waals surface area (Å²) in [6.45, 7) is 0.536. The number of carboxylic acid groups (broad SMARTS) is 1. The number of pyridine rings is 3. The van der Waals surface area contributed by atoms with Crippen LogP contribution < -0.4 is 10.3 Å². The molecule has 4 heterocycles. The number of amides is 2. The zero-order chi connectivity index (χ0) is 22.3. The lowest BCUT2D eigenvalue weighted by Crippen LogP contribution is -2.34. The van der Waals surface area contributed by atoms with Gasteiger partial charge in [-0.25, -0.2) is 28.3 Å². The molecule has 1 saturated heterocycles. The molecule has 1 fully saturated rings. The maximum Gasteiger partial charge on any atom is 0.341 e. The number of β-amino-alcohol motifs (C(OH)–C–C–N with tert-alkyl or cyclic N) is 1. The average Bonchev–Trinajstić information content (AvgIpc) is 3.09. The van der Waals surface area contributed by atoms with Crippen molar-refractivity contribution in [3.63, 3.8) is 0 Å². The van der Waals surface area contributed by atoms with E-state index in [1.54, 1.807) is 0 Å². The lowest BCUT2D eigenvalue weighted by Gasteiger charge is -2.18. The molecule has 0 radical (unpaired) electrons. The molecule has 0 aliphatic carbocycles. The van der Waals surface area contributed by atoms with Crippen LogP contribution in [0.1, 0.15) is 10.4 Å². The Labute approximate surface area is 172 Å². The fourth-order valence-corrected chi connectivity index (χ4v) is 3.37. The van der Waals surface area contributed by atoms with Crippen molar-refractivity contribution < 1.29 is 28.6 Å². The van der Waals surface area contributed by atoms with Gasteiger partial charge in [0, 0.05) is 31.9 Å². The van der Waals surface area contributed by atoms with Crippen molar-refractivity contribution in [2.24, 2.45) is 0 Å². The van der Waals surface area contributed by atoms with Crippen LogP contribution in [0.4, 0.5) is 19.4 Å². The minimum Gasteiger partial charge on any atom is -0.477 e. The van der Waals surface area contributed by atoms with Gasteiger partial charge in [-0.3, -0.25) is 14.3 Å². The third kappa shape index (κ3) is 3.46. The van der Waals surface area contributed by atoms with Crippen LogP contribution in [-0.2, 0) is 0 Å². The molecule has 2 N–H and O–H groups in total. The SMILES string of the molecule is O=C(O)c1cn(-c2ncc(F)cc2F)c2nc(N3CCN(CCO)C3=O)ccc2c1=O. The van der Waals surface area contributed by atoms with E-state index in [9.17, 15) is 28.3 Å². The van der Waals surface area contributed by atoms with E-state index < -0.39 is 40.4 Å². The summed E-state index contributed by atoms with van der Waals surface area (Å²) in [7, 11) is 0. The smallest absolute Gasteiger partial charge is 0.341 e. The standard InChI is InChI=1S/C19H15F2N5O5/c20-10-7-13(21)17(22-8-10)26-9-12(18(29)30)15(28)11-1-2-14(23-16(11)26)25-4-3-24(5-6-27)19(25)31/h1-2,7-9,27H,3-6H2,(H,29,30). The van der Waals surface area contributed by atoms with E-state index in [1.807, 2.05) is 0 Å². The first kappa shape index (κ1) is 20.3. The lowest BCUT2D eigenvalue weighted by molar-refractivity contribution is 0.0695. The van der Waals surface area contributed by atoms with Crippen molar-refractivity contribution in [3.05, 3.63) is 58.0 Å². The van der Waals surface area contributed by atoms with Crippen molar-refractivity contribution in [3.8, 4) is 5.82 Å². The summed E-state index contributed by atoms with van der Waals surface area (Å²) in [6.07, 6.45) is 1.60. The Morgan fingerprint density at radius 3 is 2.65 bits per heavy atom. The number of aromatic nitrogens is 3. The number of carbonyl (C=O) groups excluding carboxylic acids is 1. The maximum absolute atomic E-state index is 14.4. The quantitative estimate of drug-likeness (QED) is 0.616. The number of nitrogens with zero attached hydrogens (tertiary/aromatic N) is 5. The monoisotopic (exact) mass is 431 g/mol. The number of aliphatic hydroxyl groups excluding tert-OH is 1. The van der Waals surface area contributed by atoms with Crippen molar-refractivity contribution in [2.45, 2.75) is 0 Å². The van der Waals surface area contributed by atoms with Gasteiger partial charge >= 0.3 is 12.0 Å². The van der Waals surface area contributed by atoms with Gasteiger partial charge in [-0.1, -0.05) is 0 Å². The first-order valence-corrected chi connectivity index (χ1v) is 9.10. The van der Waals surface area contributed by atoms with Gasteiger partial charge in [0.1, 0.15) is 17.2 Å². The molecule has 0 unspecified atom stereocenters. The number of carbonyl (C=O) groups is 2. The highest BCUT2D eigenvalue weighted by Gasteiger charge is 2.30. The molecular formula is C19H15F2N5O5. The minimum atomic E-state index is -1.54. The second-order valence-corrected chi connectivity index (χ2v) is 6.69. The summed E-state index contributed by atoms with van der Waals surface area (Å²) in [5.74, 6) is -3.91. The Kier molecular flexibility index (Phi) is 5.07. The predicted octanol–water partition coefficient (Wildman–Crippen LogP) is 0.991. The third-order valence-corrected chi connectivity index (χ3v) is 4.82. The molecule has 1 aliphatic heterocycles. The molecule has 0 bridgehead atoms. The zero-order valence-electron chi connectivity index (χ0n) is 15.8. The van der Waals surface area contributed by atoms with Gasteiger partial charge < -0.3 is 15.1 Å². The van der Waals surface area contributed by atoms with Crippen LogP contribution in [-0.4, -0.2) is 67.9 Å². The van der Waals surface area contributed by atoms with E-state index in [1.165, 1.54) is 21.9 Å². The molecule has 0 aromatic carbocycles. The molecule has 0 spiro atoms. The van der Waals surface area contributed by atoms with Gasteiger partial charge in [-0.05, 0) is 12.1 Å². The highest BCUT2D eigenvalue weighted by atomic mass is 19.1. The molecule has 31 heavy (non-hydrogen) atoms. The molecular weight excluding hydrogens is 416 g/mol. The van der Waals surface area contributed by atoms with Crippen molar-refractivity contribution in [1.82, 2.24) is 19.4 Å². The van der Waals surface area contributed by atoms with E-state index >= 15 is 0 Å². The van der Waals surface area contributed by atoms with Crippen LogP contribution in [0.2, 0.25) is 0 Å². The van der Waals surface area contributed by atoms with Crippen LogP contribution >= 0.6 is 0 Å². The van der Waals surface area contributed by atoms with E-state index in [0.29, 0.717) is 12.6 Å². The predicted molar refractivity (Wildman–Crippen MR) is 103 cm³/mol. The summed E-state index contributed by atoms with van der Waals surface area (Å²) in [4.78, 5) is 47.3. The van der Waals surface area contributed by atoms with Crippen molar-refractivity contribution in [1.29, 1.82) is 0 Å². The maximum atomic E-state index is 14.4. The van der Waals surface area contributed by atoms with Gasteiger partial charge in [0.25, 0.3) is 0 Å². The molecule has 0 atom stereocenters. The number of hydrogen-bond acceptors (Lipinski definition) is 6. The number of aliphatic hydroxyl groups is 1. The zero-order valence-corrected chi connectivity index (χ0v) is 15.8. The number of fused-ring (bicyclic) bond motifs is 1. The molecule has 160 valence electrons. The van der Waals surface area contributed by atoms with Crippen molar-refractivity contribution >= 4 is 28.9 Å². The number of urea groups is 1. The summed E-state index contributed by atoms with van der Waals surface area (Å²) < 4.78 is 28.7. The first-order valence-electron chi connectivity index (χ1n) is 9.10. The lowest BCUT2D eigenvalue weighted by atomic mass is 10.2.